The van der Waals surface area contributed by atoms with Crippen molar-refractivity contribution >= 4 is 12.4 Å². The molecule has 0 radical (unpaired) electrons. The fourth-order valence-electron chi connectivity index (χ4n) is 0.245. The molecular weight excluding hydrogens is 122 g/mol. The van der Waals surface area contributed by atoms with Gasteiger partial charge >= 0.3 is 5.97 Å². The van der Waals surface area contributed by atoms with E-state index in [0.29, 0.717) is 0 Å². The van der Waals surface area contributed by atoms with Gasteiger partial charge in [-0.1, -0.05) is 0 Å². The first kappa shape index (κ1) is 6.07. The number of nitrogens with zero attached hydrogens (tertiary/aromatic N) is 1. The number of aliphatic carboxylic acids is 1. The Morgan fingerprint density at radius 3 is 2.56 bits per heavy atom. The summed E-state index contributed by atoms with van der Waals surface area (Å²) in [7, 11) is 1.27. The standard InChI is InChI=1S/C5H9NO3/c1-4(5(8)9)6(2)3-7/h3-4H,1-2H3,(H,8,9)/i3D. The third-order valence-electron chi connectivity index (χ3n) is 1.08. The second-order valence-electron chi connectivity index (χ2n) is 1.72. The summed E-state index contributed by atoms with van der Waals surface area (Å²) in [5.74, 6) is -1.11. The van der Waals surface area contributed by atoms with E-state index >= 15 is 0 Å². The Morgan fingerprint density at radius 2 is 2.44 bits per heavy atom. The fourth-order valence-corrected chi connectivity index (χ4v) is 0.245. The summed E-state index contributed by atoms with van der Waals surface area (Å²) in [6.45, 7) is 1.34. The summed E-state index contributed by atoms with van der Waals surface area (Å²) < 4.78 is 6.53. The maximum Gasteiger partial charge on any atom is 0.326 e. The van der Waals surface area contributed by atoms with E-state index in [4.69, 9.17) is 6.48 Å². The summed E-state index contributed by atoms with van der Waals surface area (Å²) in [5.41, 5.74) is 0. The first-order valence-electron chi connectivity index (χ1n) is 2.93. The van der Waals surface area contributed by atoms with Crippen LogP contribution in [0.25, 0.3) is 0 Å². The van der Waals surface area contributed by atoms with Gasteiger partial charge in [0.2, 0.25) is 6.39 Å². The van der Waals surface area contributed by atoms with Crippen molar-refractivity contribution in [3.8, 4) is 0 Å². The van der Waals surface area contributed by atoms with Crippen molar-refractivity contribution in [3.05, 3.63) is 0 Å². The van der Waals surface area contributed by atoms with E-state index in [0.717, 1.165) is 4.90 Å². The molecule has 0 aliphatic rings. The maximum absolute atomic E-state index is 10.2. The predicted molar refractivity (Wildman–Crippen MR) is 30.9 cm³/mol. The highest BCUT2D eigenvalue weighted by Gasteiger charge is 2.13. The van der Waals surface area contributed by atoms with Crippen molar-refractivity contribution in [2.24, 2.45) is 0 Å². The smallest absolute Gasteiger partial charge is 0.326 e. The van der Waals surface area contributed by atoms with Crippen molar-refractivity contribution in [3.63, 3.8) is 0 Å². The third-order valence-corrected chi connectivity index (χ3v) is 1.08. The lowest BCUT2D eigenvalue weighted by Gasteiger charge is -2.14. The normalized spacial score (nSPS) is 13.8. The minimum absolute atomic E-state index is 0.836. The molecular formula is C5H9NO3. The Balaban J connectivity index is 4.07. The van der Waals surface area contributed by atoms with Crippen LogP contribution in [0.15, 0.2) is 0 Å². The highest BCUT2D eigenvalue weighted by molar-refractivity contribution is 5.75. The van der Waals surface area contributed by atoms with Gasteiger partial charge in [0.25, 0.3) is 0 Å². The van der Waals surface area contributed by atoms with Crippen molar-refractivity contribution in [2.75, 3.05) is 7.05 Å². The third kappa shape index (κ3) is 2.12. The summed E-state index contributed by atoms with van der Waals surface area (Å²) in [6.07, 6.45) is -0.991. The van der Waals surface area contributed by atoms with Gasteiger partial charge in [-0.2, -0.15) is 0 Å². The molecule has 0 heterocycles. The number of carbonyl (C=O) groups excluding carboxylic acids is 1. The molecule has 0 aromatic rings. The lowest BCUT2D eigenvalue weighted by Crippen LogP contribution is -2.34. The minimum atomic E-state index is -1.11. The summed E-state index contributed by atoms with van der Waals surface area (Å²) in [5, 5.41) is 8.32. The SMILES string of the molecule is [2H]C(=O)N(C)C(C)C(=O)O. The van der Waals surface area contributed by atoms with E-state index in [2.05, 4.69) is 0 Å². The topological polar surface area (TPSA) is 57.6 Å². The Labute approximate surface area is 54.5 Å². The molecule has 1 unspecified atom stereocenters. The monoisotopic (exact) mass is 132 g/mol. The molecule has 0 rings (SSSR count). The maximum atomic E-state index is 10.2. The zero-order valence-corrected chi connectivity index (χ0v) is 5.29. The van der Waals surface area contributed by atoms with Crippen LogP contribution >= 0.6 is 0 Å². The van der Waals surface area contributed by atoms with Gasteiger partial charge < -0.3 is 10.0 Å². The molecule has 0 aliphatic carbocycles. The fraction of sp³-hybridized carbons (Fsp3) is 0.600. The largest absolute Gasteiger partial charge is 0.480 e. The molecule has 0 saturated carbocycles. The highest BCUT2D eigenvalue weighted by atomic mass is 16.4. The quantitative estimate of drug-likeness (QED) is 0.517. The Bertz CT molecular complexity index is 141. The van der Waals surface area contributed by atoms with Gasteiger partial charge in [0.1, 0.15) is 7.41 Å². The predicted octanol–water partition coefficient (Wildman–Crippen LogP) is -0.452. The van der Waals surface area contributed by atoms with Gasteiger partial charge in [-0.05, 0) is 6.92 Å². The molecule has 0 aliphatic heterocycles. The van der Waals surface area contributed by atoms with Crippen molar-refractivity contribution < 1.29 is 16.1 Å². The molecule has 0 aromatic heterocycles. The van der Waals surface area contributed by atoms with Crippen LogP contribution in [0.3, 0.4) is 0 Å². The second-order valence-corrected chi connectivity index (χ2v) is 1.72. The van der Waals surface area contributed by atoms with Crippen LogP contribution in [0.5, 0.6) is 0 Å². The Kier molecular flexibility index (Phi) is 2.06. The number of hydrogen-bond acceptors (Lipinski definition) is 2. The molecule has 0 fully saturated rings. The average molecular weight is 132 g/mol. The average Bonchev–Trinajstić information content (AvgIpc) is 1.84. The van der Waals surface area contributed by atoms with E-state index in [1.807, 2.05) is 0 Å². The lowest BCUT2D eigenvalue weighted by atomic mass is 10.3. The summed E-state index contributed by atoms with van der Waals surface area (Å²) in [6, 6.07) is -0.926. The number of likely N-dealkylation sites (N-methyl/N-ethyl adjacent to an activating group) is 1. The van der Waals surface area contributed by atoms with Crippen LogP contribution in [0.4, 0.5) is 0 Å². The molecule has 1 N–H and O–H groups in total. The van der Waals surface area contributed by atoms with Gasteiger partial charge in [-0.15, -0.1) is 0 Å². The van der Waals surface area contributed by atoms with Gasteiger partial charge in [-0.25, -0.2) is 4.79 Å². The van der Waals surface area contributed by atoms with Crippen LogP contribution in [0.1, 0.15) is 8.29 Å². The van der Waals surface area contributed by atoms with Crippen molar-refractivity contribution in [1.82, 2.24) is 4.90 Å². The van der Waals surface area contributed by atoms with Crippen molar-refractivity contribution in [2.45, 2.75) is 13.0 Å². The zero-order chi connectivity index (χ0) is 8.31. The second kappa shape index (κ2) is 3.06. The first-order chi connectivity index (χ1) is 4.46. The molecule has 0 aromatic carbocycles. The van der Waals surface area contributed by atoms with Gasteiger partial charge in [0, 0.05) is 7.05 Å². The van der Waals surface area contributed by atoms with Crippen LogP contribution in [0, 0.1) is 0 Å². The molecule has 0 spiro atoms. The molecule has 9 heavy (non-hydrogen) atoms. The Morgan fingerprint density at radius 1 is 2.00 bits per heavy atom. The van der Waals surface area contributed by atoms with E-state index in [1.165, 1.54) is 14.0 Å². The number of carboxylic acid groups (broad SMARTS) is 1. The zero-order valence-electron chi connectivity index (χ0n) is 6.29. The van der Waals surface area contributed by atoms with E-state index in [9.17, 15) is 9.59 Å². The number of amides is 1. The van der Waals surface area contributed by atoms with E-state index in [1.54, 1.807) is 0 Å². The number of rotatable bonds is 2. The molecule has 1 amide bonds. The van der Waals surface area contributed by atoms with E-state index in [-0.39, 0.29) is 0 Å². The molecule has 4 nitrogen and oxygen atoms in total. The molecule has 4 heteroatoms. The molecule has 0 saturated heterocycles. The van der Waals surface area contributed by atoms with Crippen LogP contribution < -0.4 is 0 Å². The molecule has 1 atom stereocenters. The van der Waals surface area contributed by atoms with E-state index < -0.39 is 18.4 Å². The highest BCUT2D eigenvalue weighted by Crippen LogP contribution is 1.89. The summed E-state index contributed by atoms with van der Waals surface area (Å²) >= 11 is 0. The molecule has 0 bridgehead atoms. The van der Waals surface area contributed by atoms with Crippen LogP contribution in [-0.2, 0) is 9.59 Å². The van der Waals surface area contributed by atoms with Gasteiger partial charge in [0.15, 0.2) is 0 Å². The van der Waals surface area contributed by atoms with Crippen LogP contribution in [-0.4, -0.2) is 35.5 Å². The minimum Gasteiger partial charge on any atom is -0.480 e. The number of hydrogen-bond donors (Lipinski definition) is 1. The van der Waals surface area contributed by atoms with Crippen molar-refractivity contribution in [1.29, 1.82) is 0 Å². The van der Waals surface area contributed by atoms with Crippen LogP contribution in [0.2, 0.25) is 0 Å². The van der Waals surface area contributed by atoms with Gasteiger partial charge in [0.05, 0.1) is 0 Å². The Hall–Kier alpha value is -1.06. The number of carboxylic acids is 1. The lowest BCUT2D eigenvalue weighted by molar-refractivity contribution is -0.144. The van der Waals surface area contributed by atoms with Gasteiger partial charge in [-0.3, -0.25) is 4.79 Å². The number of carbonyl (C=O) groups is 2. The first-order valence-corrected chi connectivity index (χ1v) is 2.43. The molecule has 52 valence electrons. The summed E-state index contributed by atoms with van der Waals surface area (Å²) in [4.78, 5) is 21.2.